The average molecular weight is 170 g/mol. The van der Waals surface area contributed by atoms with Crippen LogP contribution < -0.4 is 11.5 Å². The lowest BCUT2D eigenvalue weighted by Crippen LogP contribution is -2.36. The first-order chi connectivity index (χ1) is 5.61. The van der Waals surface area contributed by atoms with Gasteiger partial charge in [0.15, 0.2) is 0 Å². The van der Waals surface area contributed by atoms with E-state index in [1.165, 1.54) is 25.7 Å². The van der Waals surface area contributed by atoms with Crippen molar-refractivity contribution in [1.29, 1.82) is 0 Å². The normalized spacial score (nSPS) is 36.0. The number of hydrogen-bond donors (Lipinski definition) is 2. The Balaban J connectivity index is 2.40. The van der Waals surface area contributed by atoms with Gasteiger partial charge in [0.1, 0.15) is 0 Å². The number of nitrogens with two attached hydrogens (primary N) is 2. The Morgan fingerprint density at radius 2 is 1.42 bits per heavy atom. The van der Waals surface area contributed by atoms with Crippen LogP contribution in [0.4, 0.5) is 0 Å². The van der Waals surface area contributed by atoms with Gasteiger partial charge in [0.05, 0.1) is 0 Å². The van der Waals surface area contributed by atoms with Crippen LogP contribution in [0.3, 0.4) is 0 Å². The highest BCUT2D eigenvalue weighted by Crippen LogP contribution is 2.31. The minimum absolute atomic E-state index is 0.353. The van der Waals surface area contributed by atoms with E-state index in [1.54, 1.807) is 0 Å². The van der Waals surface area contributed by atoms with Crippen molar-refractivity contribution >= 4 is 0 Å². The van der Waals surface area contributed by atoms with Crippen molar-refractivity contribution in [1.82, 2.24) is 0 Å². The largest absolute Gasteiger partial charge is 0.328 e. The standard InChI is InChI=1S/C10H22N2/c1-7(11)9-4-3-5-10(6-9)8(2)12/h7-10H,3-6,11-12H2,1-2H3/t7?,8?,9-,10-/m0/s1. The topological polar surface area (TPSA) is 52.0 Å². The summed E-state index contributed by atoms with van der Waals surface area (Å²) in [6, 6.07) is 0.707. The highest BCUT2D eigenvalue weighted by molar-refractivity contribution is 4.81. The molecule has 1 saturated carbocycles. The quantitative estimate of drug-likeness (QED) is 0.659. The van der Waals surface area contributed by atoms with Gasteiger partial charge < -0.3 is 11.5 Å². The van der Waals surface area contributed by atoms with Gasteiger partial charge in [-0.2, -0.15) is 0 Å². The Bertz CT molecular complexity index is 118. The lowest BCUT2D eigenvalue weighted by atomic mass is 9.76. The fraction of sp³-hybridized carbons (Fsp3) is 1.00. The zero-order valence-corrected chi connectivity index (χ0v) is 8.29. The second kappa shape index (κ2) is 4.24. The van der Waals surface area contributed by atoms with Crippen molar-refractivity contribution in [2.24, 2.45) is 23.3 Å². The SMILES string of the molecule is CC(N)[C@H]1CCC[C@H](C(C)N)C1. The highest BCUT2D eigenvalue weighted by atomic mass is 14.7. The molecule has 0 aromatic carbocycles. The summed E-state index contributed by atoms with van der Waals surface area (Å²) < 4.78 is 0. The molecule has 0 bridgehead atoms. The summed E-state index contributed by atoms with van der Waals surface area (Å²) in [5.74, 6) is 1.43. The summed E-state index contributed by atoms with van der Waals surface area (Å²) in [6.45, 7) is 4.24. The van der Waals surface area contributed by atoms with E-state index < -0.39 is 0 Å². The lowest BCUT2D eigenvalue weighted by molar-refractivity contribution is 0.219. The van der Waals surface area contributed by atoms with Crippen LogP contribution in [0.15, 0.2) is 0 Å². The summed E-state index contributed by atoms with van der Waals surface area (Å²) in [5.41, 5.74) is 11.8. The molecule has 2 unspecified atom stereocenters. The number of rotatable bonds is 2. The first kappa shape index (κ1) is 10.0. The predicted octanol–water partition coefficient (Wildman–Crippen LogP) is 1.49. The van der Waals surface area contributed by atoms with Crippen molar-refractivity contribution in [2.45, 2.75) is 51.6 Å². The lowest BCUT2D eigenvalue weighted by Gasteiger charge is -2.33. The van der Waals surface area contributed by atoms with E-state index in [0.717, 1.165) is 11.8 Å². The van der Waals surface area contributed by atoms with Crippen molar-refractivity contribution in [3.63, 3.8) is 0 Å². The van der Waals surface area contributed by atoms with Gasteiger partial charge in [-0.1, -0.05) is 6.42 Å². The molecule has 72 valence electrons. The summed E-state index contributed by atoms with van der Waals surface area (Å²) in [6.07, 6.45) is 5.18. The smallest absolute Gasteiger partial charge is 0.00388 e. The summed E-state index contributed by atoms with van der Waals surface area (Å²) in [4.78, 5) is 0. The maximum atomic E-state index is 5.89. The molecule has 1 aliphatic carbocycles. The summed E-state index contributed by atoms with van der Waals surface area (Å²) >= 11 is 0. The van der Waals surface area contributed by atoms with Gasteiger partial charge in [-0.15, -0.1) is 0 Å². The van der Waals surface area contributed by atoms with Crippen molar-refractivity contribution in [2.75, 3.05) is 0 Å². The first-order valence-electron chi connectivity index (χ1n) is 5.12. The maximum absolute atomic E-state index is 5.89. The van der Waals surface area contributed by atoms with Gasteiger partial charge in [0, 0.05) is 12.1 Å². The molecule has 2 heteroatoms. The third-order valence-corrected chi connectivity index (χ3v) is 3.24. The van der Waals surface area contributed by atoms with E-state index in [1.807, 2.05) is 0 Å². The highest BCUT2D eigenvalue weighted by Gasteiger charge is 2.26. The predicted molar refractivity (Wildman–Crippen MR) is 52.7 cm³/mol. The summed E-state index contributed by atoms with van der Waals surface area (Å²) in [5, 5.41) is 0. The molecule has 4 N–H and O–H groups in total. The first-order valence-corrected chi connectivity index (χ1v) is 5.12. The monoisotopic (exact) mass is 170 g/mol. The van der Waals surface area contributed by atoms with Crippen LogP contribution in [0.5, 0.6) is 0 Å². The number of hydrogen-bond acceptors (Lipinski definition) is 2. The van der Waals surface area contributed by atoms with Crippen molar-refractivity contribution in [3.8, 4) is 0 Å². The van der Waals surface area contributed by atoms with E-state index in [9.17, 15) is 0 Å². The van der Waals surface area contributed by atoms with Crippen molar-refractivity contribution in [3.05, 3.63) is 0 Å². The van der Waals surface area contributed by atoms with E-state index in [0.29, 0.717) is 12.1 Å². The molecule has 1 aliphatic rings. The van der Waals surface area contributed by atoms with Crippen LogP contribution in [0, 0.1) is 11.8 Å². The molecule has 0 aromatic heterocycles. The zero-order chi connectivity index (χ0) is 9.14. The fourth-order valence-electron chi connectivity index (χ4n) is 2.22. The van der Waals surface area contributed by atoms with Crippen LogP contribution in [0.2, 0.25) is 0 Å². The molecule has 4 atom stereocenters. The van der Waals surface area contributed by atoms with E-state index >= 15 is 0 Å². The van der Waals surface area contributed by atoms with Gasteiger partial charge in [-0.25, -0.2) is 0 Å². The molecule has 12 heavy (non-hydrogen) atoms. The zero-order valence-electron chi connectivity index (χ0n) is 8.29. The third-order valence-electron chi connectivity index (χ3n) is 3.24. The van der Waals surface area contributed by atoms with Crippen LogP contribution in [0.25, 0.3) is 0 Å². The Morgan fingerprint density at radius 1 is 1.00 bits per heavy atom. The molecule has 0 aromatic rings. The molecule has 0 amide bonds. The molecule has 0 spiro atoms. The molecule has 0 radical (unpaired) electrons. The third kappa shape index (κ3) is 2.46. The van der Waals surface area contributed by atoms with Crippen LogP contribution in [0.1, 0.15) is 39.5 Å². The molecule has 0 heterocycles. The van der Waals surface area contributed by atoms with Gasteiger partial charge in [0.2, 0.25) is 0 Å². The Kier molecular flexibility index (Phi) is 3.53. The average Bonchev–Trinajstić information content (AvgIpc) is 2.04. The molecular weight excluding hydrogens is 148 g/mol. The fourth-order valence-corrected chi connectivity index (χ4v) is 2.22. The maximum Gasteiger partial charge on any atom is 0.00388 e. The van der Waals surface area contributed by atoms with E-state index in [-0.39, 0.29) is 0 Å². The Morgan fingerprint density at radius 3 is 1.75 bits per heavy atom. The molecule has 2 nitrogen and oxygen atoms in total. The molecule has 0 saturated heterocycles. The van der Waals surface area contributed by atoms with Crippen molar-refractivity contribution < 1.29 is 0 Å². The Labute approximate surface area is 75.7 Å². The van der Waals surface area contributed by atoms with Gasteiger partial charge in [-0.05, 0) is 44.9 Å². The van der Waals surface area contributed by atoms with Crippen LogP contribution >= 0.6 is 0 Å². The van der Waals surface area contributed by atoms with E-state index in [2.05, 4.69) is 13.8 Å². The summed E-state index contributed by atoms with van der Waals surface area (Å²) in [7, 11) is 0. The second-order valence-electron chi connectivity index (χ2n) is 4.40. The second-order valence-corrected chi connectivity index (χ2v) is 4.40. The molecule has 0 aliphatic heterocycles. The van der Waals surface area contributed by atoms with Crippen LogP contribution in [-0.4, -0.2) is 12.1 Å². The Hall–Kier alpha value is -0.0800. The molecule has 1 fully saturated rings. The molecular formula is C10H22N2. The van der Waals surface area contributed by atoms with Gasteiger partial charge in [-0.3, -0.25) is 0 Å². The molecule has 1 rings (SSSR count). The van der Waals surface area contributed by atoms with Crippen LogP contribution in [-0.2, 0) is 0 Å². The minimum atomic E-state index is 0.353. The van der Waals surface area contributed by atoms with Gasteiger partial charge in [0.25, 0.3) is 0 Å². The minimum Gasteiger partial charge on any atom is -0.328 e. The van der Waals surface area contributed by atoms with Gasteiger partial charge >= 0.3 is 0 Å². The van der Waals surface area contributed by atoms with E-state index in [4.69, 9.17) is 11.5 Å².